The number of piperidine rings is 1. The topological polar surface area (TPSA) is 71.8 Å². The van der Waals surface area contributed by atoms with Gasteiger partial charge in [0.2, 0.25) is 0 Å². The van der Waals surface area contributed by atoms with Gasteiger partial charge >= 0.3 is 0 Å². The normalized spacial score (nSPS) is 15.3. The van der Waals surface area contributed by atoms with E-state index in [4.69, 9.17) is 0 Å². The van der Waals surface area contributed by atoms with E-state index in [9.17, 15) is 9.18 Å². The van der Waals surface area contributed by atoms with E-state index in [0.29, 0.717) is 17.8 Å². The van der Waals surface area contributed by atoms with Crippen LogP contribution in [0.4, 0.5) is 4.39 Å². The first kappa shape index (κ1) is 21.3. The lowest BCUT2D eigenvalue weighted by molar-refractivity contribution is 0.0939. The number of carbonyl (C=O) groups excluding carboxylic acids is 1. The molecule has 1 aromatic heterocycles. The predicted octanol–water partition coefficient (Wildman–Crippen LogP) is 2.78. The van der Waals surface area contributed by atoms with Crippen LogP contribution in [0.5, 0.6) is 0 Å². The average Bonchev–Trinajstić information content (AvgIpc) is 3.02. The first-order chi connectivity index (χ1) is 12.4. The third kappa shape index (κ3) is 4.65. The summed E-state index contributed by atoms with van der Waals surface area (Å²) < 4.78 is 15.9. The summed E-state index contributed by atoms with van der Waals surface area (Å²) in [4.78, 5) is 12.6. The molecule has 1 aromatic carbocycles. The van der Waals surface area contributed by atoms with Crippen LogP contribution in [0.3, 0.4) is 0 Å². The van der Waals surface area contributed by atoms with Crippen molar-refractivity contribution in [2.75, 3.05) is 19.6 Å². The highest BCUT2D eigenvalue weighted by Gasteiger charge is 2.27. The molecule has 1 fully saturated rings. The molecule has 1 aliphatic rings. The molecule has 2 heterocycles. The molecule has 27 heavy (non-hydrogen) atoms. The number of hydrogen-bond acceptors (Lipinski definition) is 4. The summed E-state index contributed by atoms with van der Waals surface area (Å²) in [5, 5.41) is 14.5. The quantitative estimate of drug-likeness (QED) is 0.816. The molecule has 0 radical (unpaired) electrons. The number of carbonyl (C=O) groups is 1. The highest BCUT2D eigenvalue weighted by atomic mass is 35.5. The van der Waals surface area contributed by atoms with Crippen molar-refractivity contribution < 1.29 is 9.18 Å². The predicted molar refractivity (Wildman–Crippen MR) is 105 cm³/mol. The molecule has 0 atom stereocenters. The number of nitrogens with one attached hydrogen (secondary N) is 2. The van der Waals surface area contributed by atoms with Crippen LogP contribution in [0.25, 0.3) is 0 Å². The van der Waals surface area contributed by atoms with E-state index in [0.717, 1.165) is 31.6 Å². The SMILES string of the molecule is Cc1c(C(=O)NCC(C)(C)c2ccccc2F)nnn1C1CCNCC1.Cl. The Hall–Kier alpha value is -1.99. The van der Waals surface area contributed by atoms with Crippen LogP contribution in [-0.4, -0.2) is 40.5 Å². The van der Waals surface area contributed by atoms with E-state index in [1.165, 1.54) is 6.07 Å². The fourth-order valence-electron chi connectivity index (χ4n) is 3.44. The molecule has 0 unspecified atom stereocenters. The Balaban J connectivity index is 0.00000261. The summed E-state index contributed by atoms with van der Waals surface area (Å²) in [5.74, 6) is -0.535. The van der Waals surface area contributed by atoms with Crippen molar-refractivity contribution in [1.82, 2.24) is 25.6 Å². The standard InChI is InChI=1S/C19H26FN5O.ClH/c1-13-17(23-24-25(13)14-8-10-21-11-9-14)18(26)22-12-19(2,3)15-6-4-5-7-16(15)20;/h4-7,14,21H,8-12H2,1-3H3,(H,22,26);1H. The Kier molecular flexibility index (Phi) is 6.95. The lowest BCUT2D eigenvalue weighted by Gasteiger charge is -2.26. The molecular weight excluding hydrogens is 369 g/mol. The third-order valence-electron chi connectivity index (χ3n) is 5.09. The van der Waals surface area contributed by atoms with Crippen LogP contribution in [0.1, 0.15) is 54.5 Å². The van der Waals surface area contributed by atoms with Gasteiger partial charge in [-0.15, -0.1) is 17.5 Å². The minimum Gasteiger partial charge on any atom is -0.350 e. The van der Waals surface area contributed by atoms with Crippen molar-refractivity contribution in [3.8, 4) is 0 Å². The molecule has 0 spiro atoms. The van der Waals surface area contributed by atoms with Gasteiger partial charge in [0, 0.05) is 12.0 Å². The van der Waals surface area contributed by atoms with Gasteiger partial charge < -0.3 is 10.6 Å². The monoisotopic (exact) mass is 395 g/mol. The zero-order chi connectivity index (χ0) is 18.7. The van der Waals surface area contributed by atoms with Crippen molar-refractivity contribution in [1.29, 1.82) is 0 Å². The molecule has 148 valence electrons. The number of benzene rings is 1. The van der Waals surface area contributed by atoms with Crippen LogP contribution in [0, 0.1) is 12.7 Å². The number of nitrogens with zero attached hydrogens (tertiary/aromatic N) is 3. The average molecular weight is 396 g/mol. The Bertz CT molecular complexity index is 786. The lowest BCUT2D eigenvalue weighted by Crippen LogP contribution is -2.37. The molecule has 2 N–H and O–H groups in total. The first-order valence-corrected chi connectivity index (χ1v) is 9.06. The van der Waals surface area contributed by atoms with Gasteiger partial charge in [-0.25, -0.2) is 9.07 Å². The molecule has 0 aliphatic carbocycles. The number of amides is 1. The van der Waals surface area contributed by atoms with Crippen LogP contribution in [0.15, 0.2) is 24.3 Å². The minimum atomic E-state index is -0.528. The second-order valence-electron chi connectivity index (χ2n) is 7.50. The summed E-state index contributed by atoms with van der Waals surface area (Å²) in [7, 11) is 0. The highest BCUT2D eigenvalue weighted by Crippen LogP contribution is 2.25. The maximum atomic E-state index is 14.1. The summed E-state index contributed by atoms with van der Waals surface area (Å²) in [6, 6.07) is 6.93. The van der Waals surface area contributed by atoms with Gasteiger partial charge in [0.15, 0.2) is 5.69 Å². The van der Waals surface area contributed by atoms with Gasteiger partial charge in [-0.05, 0) is 44.5 Å². The molecular formula is C19H27ClFN5O. The van der Waals surface area contributed by atoms with Gasteiger partial charge in [-0.2, -0.15) is 0 Å². The van der Waals surface area contributed by atoms with Crippen LogP contribution in [0.2, 0.25) is 0 Å². The van der Waals surface area contributed by atoms with E-state index in [-0.39, 0.29) is 30.2 Å². The molecule has 6 nitrogen and oxygen atoms in total. The zero-order valence-corrected chi connectivity index (χ0v) is 16.8. The van der Waals surface area contributed by atoms with E-state index in [1.807, 2.05) is 25.5 Å². The Morgan fingerprint density at radius 3 is 2.67 bits per heavy atom. The molecule has 8 heteroatoms. The summed E-state index contributed by atoms with van der Waals surface area (Å²) in [5.41, 5.74) is 1.17. The van der Waals surface area contributed by atoms with Gasteiger partial charge in [0.1, 0.15) is 5.82 Å². The molecule has 0 saturated carbocycles. The molecule has 1 saturated heterocycles. The number of hydrogen-bond donors (Lipinski definition) is 2. The Morgan fingerprint density at radius 2 is 2.00 bits per heavy atom. The fraction of sp³-hybridized carbons (Fsp3) is 0.526. The summed E-state index contributed by atoms with van der Waals surface area (Å²) >= 11 is 0. The van der Waals surface area contributed by atoms with Crippen LogP contribution >= 0.6 is 12.4 Å². The van der Waals surface area contributed by atoms with Crippen molar-refractivity contribution in [2.24, 2.45) is 0 Å². The Labute approximate surface area is 165 Å². The van der Waals surface area contributed by atoms with Crippen molar-refractivity contribution in [3.63, 3.8) is 0 Å². The Morgan fingerprint density at radius 1 is 1.33 bits per heavy atom. The van der Waals surface area contributed by atoms with Crippen molar-refractivity contribution >= 4 is 18.3 Å². The van der Waals surface area contributed by atoms with Gasteiger partial charge in [0.25, 0.3) is 5.91 Å². The number of aromatic nitrogens is 3. The molecule has 0 bridgehead atoms. The molecule has 1 amide bonds. The highest BCUT2D eigenvalue weighted by molar-refractivity contribution is 5.93. The van der Waals surface area contributed by atoms with Gasteiger partial charge in [-0.3, -0.25) is 4.79 Å². The molecule has 1 aliphatic heterocycles. The largest absolute Gasteiger partial charge is 0.350 e. The third-order valence-corrected chi connectivity index (χ3v) is 5.09. The second-order valence-corrected chi connectivity index (χ2v) is 7.50. The van der Waals surface area contributed by atoms with Crippen LogP contribution < -0.4 is 10.6 Å². The zero-order valence-electron chi connectivity index (χ0n) is 16.0. The van der Waals surface area contributed by atoms with E-state index >= 15 is 0 Å². The maximum Gasteiger partial charge on any atom is 0.273 e. The van der Waals surface area contributed by atoms with Gasteiger partial charge in [-0.1, -0.05) is 37.3 Å². The second kappa shape index (κ2) is 8.80. The number of rotatable bonds is 5. The molecule has 3 rings (SSSR count). The molecule has 2 aromatic rings. The minimum absolute atomic E-state index is 0. The smallest absolute Gasteiger partial charge is 0.273 e. The van der Waals surface area contributed by atoms with E-state index in [2.05, 4.69) is 20.9 Å². The van der Waals surface area contributed by atoms with Gasteiger partial charge in [0.05, 0.1) is 11.7 Å². The van der Waals surface area contributed by atoms with Crippen molar-refractivity contribution in [3.05, 3.63) is 47.0 Å². The lowest BCUT2D eigenvalue weighted by atomic mass is 9.84. The van der Waals surface area contributed by atoms with Crippen molar-refractivity contribution in [2.45, 2.75) is 45.1 Å². The first-order valence-electron chi connectivity index (χ1n) is 9.06. The summed E-state index contributed by atoms with van der Waals surface area (Å²) in [6.45, 7) is 7.89. The summed E-state index contributed by atoms with van der Waals surface area (Å²) in [6.07, 6.45) is 1.96. The van der Waals surface area contributed by atoms with E-state index < -0.39 is 5.41 Å². The number of halogens is 2. The maximum absolute atomic E-state index is 14.1. The van der Waals surface area contributed by atoms with Crippen LogP contribution in [-0.2, 0) is 5.41 Å². The fourth-order valence-corrected chi connectivity index (χ4v) is 3.44. The van der Waals surface area contributed by atoms with E-state index in [1.54, 1.807) is 18.2 Å².